The van der Waals surface area contributed by atoms with Gasteiger partial charge >= 0.3 is 0 Å². The second-order valence-corrected chi connectivity index (χ2v) is 4.93. The van der Waals surface area contributed by atoms with Crippen LogP contribution in [0.4, 0.5) is 0 Å². The molecule has 1 amide bonds. The molecule has 4 heteroatoms. The van der Waals surface area contributed by atoms with Crippen molar-refractivity contribution in [3.05, 3.63) is 29.3 Å². The molecule has 0 radical (unpaired) electrons. The maximum Gasteiger partial charge on any atom is 0.254 e. The van der Waals surface area contributed by atoms with E-state index >= 15 is 0 Å². The van der Waals surface area contributed by atoms with E-state index in [0.29, 0.717) is 6.04 Å². The molecule has 0 aliphatic carbocycles. The lowest BCUT2D eigenvalue weighted by Gasteiger charge is -2.37. The minimum Gasteiger partial charge on any atom is -0.508 e. The van der Waals surface area contributed by atoms with Gasteiger partial charge in [0.1, 0.15) is 5.75 Å². The van der Waals surface area contributed by atoms with Crippen molar-refractivity contribution in [2.75, 3.05) is 19.8 Å². The topological polar surface area (TPSA) is 49.8 Å². The van der Waals surface area contributed by atoms with Crippen molar-refractivity contribution in [2.24, 2.45) is 0 Å². The summed E-state index contributed by atoms with van der Waals surface area (Å²) in [7, 11) is 0. The highest BCUT2D eigenvalue weighted by Crippen LogP contribution is 2.26. The van der Waals surface area contributed by atoms with Gasteiger partial charge in [-0.25, -0.2) is 0 Å². The first-order valence-corrected chi connectivity index (χ1v) is 6.46. The van der Waals surface area contributed by atoms with E-state index in [4.69, 9.17) is 4.74 Å². The molecule has 1 N–H and O–H groups in total. The van der Waals surface area contributed by atoms with Crippen molar-refractivity contribution < 1.29 is 14.6 Å². The van der Waals surface area contributed by atoms with Crippen molar-refractivity contribution in [3.63, 3.8) is 0 Å². The van der Waals surface area contributed by atoms with Gasteiger partial charge in [-0.1, -0.05) is 0 Å². The molecule has 1 saturated heterocycles. The maximum absolute atomic E-state index is 12.4. The lowest BCUT2D eigenvalue weighted by molar-refractivity contribution is 0.0276. The average molecular weight is 247 g/mol. The van der Waals surface area contributed by atoms with Crippen LogP contribution in [0.25, 0.3) is 0 Å². The van der Waals surface area contributed by atoms with Crippen LogP contribution in [-0.2, 0) is 11.2 Å². The molecule has 0 aromatic heterocycles. The molecular formula is C14H17NO3. The Balaban J connectivity index is 1.84. The van der Waals surface area contributed by atoms with Gasteiger partial charge in [0.15, 0.2) is 0 Å². The fraction of sp³-hybridized carbons (Fsp3) is 0.500. The highest BCUT2D eigenvalue weighted by molar-refractivity contribution is 5.97. The Morgan fingerprint density at radius 2 is 2.06 bits per heavy atom. The van der Waals surface area contributed by atoms with E-state index in [1.54, 1.807) is 18.2 Å². The standard InChI is InChI=1S/C14H17NO3/c16-12-1-2-13-10(9-12)3-6-15(14(13)17)11-4-7-18-8-5-11/h1-2,9,11,16H,3-8H2. The van der Waals surface area contributed by atoms with Gasteiger partial charge in [0.05, 0.1) is 0 Å². The van der Waals surface area contributed by atoms with E-state index in [2.05, 4.69) is 0 Å². The monoisotopic (exact) mass is 247 g/mol. The summed E-state index contributed by atoms with van der Waals surface area (Å²) < 4.78 is 5.34. The van der Waals surface area contributed by atoms with Crippen LogP contribution in [0.15, 0.2) is 18.2 Å². The molecule has 0 atom stereocenters. The molecule has 4 nitrogen and oxygen atoms in total. The Bertz CT molecular complexity index is 466. The molecule has 3 rings (SSSR count). The van der Waals surface area contributed by atoms with Gasteiger partial charge in [-0.2, -0.15) is 0 Å². The number of fused-ring (bicyclic) bond motifs is 1. The van der Waals surface area contributed by atoms with E-state index < -0.39 is 0 Å². The summed E-state index contributed by atoms with van der Waals surface area (Å²) in [5.74, 6) is 0.337. The van der Waals surface area contributed by atoms with Gasteiger partial charge in [0.2, 0.25) is 0 Å². The Hall–Kier alpha value is -1.55. The summed E-state index contributed by atoms with van der Waals surface area (Å²) in [5, 5.41) is 9.45. The molecule has 96 valence electrons. The minimum atomic E-state index is 0.100. The van der Waals surface area contributed by atoms with Crippen LogP contribution in [0.3, 0.4) is 0 Å². The van der Waals surface area contributed by atoms with Crippen molar-refractivity contribution in [1.29, 1.82) is 0 Å². The molecule has 0 spiro atoms. The summed E-state index contributed by atoms with van der Waals surface area (Å²) in [4.78, 5) is 14.4. The van der Waals surface area contributed by atoms with Gasteiger partial charge in [-0.15, -0.1) is 0 Å². The minimum absolute atomic E-state index is 0.100. The number of amides is 1. The third-order valence-electron chi connectivity index (χ3n) is 3.83. The fourth-order valence-corrected chi connectivity index (χ4v) is 2.84. The van der Waals surface area contributed by atoms with Gasteiger partial charge in [0, 0.05) is 31.4 Å². The molecule has 0 unspecified atom stereocenters. The average Bonchev–Trinajstić information content (AvgIpc) is 2.40. The zero-order chi connectivity index (χ0) is 12.5. The molecule has 1 aromatic rings. The van der Waals surface area contributed by atoms with E-state index in [1.165, 1.54) is 0 Å². The van der Waals surface area contributed by atoms with E-state index in [9.17, 15) is 9.90 Å². The molecule has 1 fully saturated rings. The second kappa shape index (κ2) is 4.61. The number of hydrogen-bond acceptors (Lipinski definition) is 3. The summed E-state index contributed by atoms with van der Waals surface area (Å²) >= 11 is 0. The zero-order valence-electron chi connectivity index (χ0n) is 10.3. The molecule has 1 aromatic carbocycles. The predicted molar refractivity (Wildman–Crippen MR) is 66.7 cm³/mol. The fourth-order valence-electron chi connectivity index (χ4n) is 2.84. The molecule has 2 heterocycles. The van der Waals surface area contributed by atoms with Gasteiger partial charge in [0.25, 0.3) is 5.91 Å². The number of carbonyl (C=O) groups excluding carboxylic acids is 1. The molecular weight excluding hydrogens is 230 g/mol. The maximum atomic E-state index is 12.4. The van der Waals surface area contributed by atoms with E-state index in [0.717, 1.165) is 50.1 Å². The van der Waals surface area contributed by atoms with Crippen LogP contribution in [0.2, 0.25) is 0 Å². The van der Waals surface area contributed by atoms with Crippen molar-refractivity contribution in [3.8, 4) is 5.75 Å². The third kappa shape index (κ3) is 1.97. The van der Waals surface area contributed by atoms with E-state index in [1.807, 2.05) is 4.90 Å². The van der Waals surface area contributed by atoms with Crippen LogP contribution >= 0.6 is 0 Å². The van der Waals surface area contributed by atoms with Crippen LogP contribution in [-0.4, -0.2) is 41.7 Å². The molecule has 2 aliphatic heterocycles. The number of aromatic hydroxyl groups is 1. The molecule has 0 bridgehead atoms. The molecule has 0 saturated carbocycles. The summed E-state index contributed by atoms with van der Waals surface area (Å²) in [6, 6.07) is 5.34. The van der Waals surface area contributed by atoms with Gasteiger partial charge in [-0.3, -0.25) is 4.79 Å². The number of phenols is 1. The van der Waals surface area contributed by atoms with Gasteiger partial charge < -0.3 is 14.7 Å². The summed E-state index contributed by atoms with van der Waals surface area (Å²) in [6.07, 6.45) is 2.69. The second-order valence-electron chi connectivity index (χ2n) is 4.93. The number of rotatable bonds is 1. The van der Waals surface area contributed by atoms with Crippen molar-refractivity contribution >= 4 is 5.91 Å². The quantitative estimate of drug-likeness (QED) is 0.819. The Morgan fingerprint density at radius 3 is 2.83 bits per heavy atom. The van der Waals surface area contributed by atoms with Crippen LogP contribution < -0.4 is 0 Å². The van der Waals surface area contributed by atoms with Crippen molar-refractivity contribution in [1.82, 2.24) is 4.90 Å². The molecule has 2 aliphatic rings. The van der Waals surface area contributed by atoms with Crippen molar-refractivity contribution in [2.45, 2.75) is 25.3 Å². The first-order valence-electron chi connectivity index (χ1n) is 6.46. The Labute approximate surface area is 106 Å². The largest absolute Gasteiger partial charge is 0.508 e. The summed E-state index contributed by atoms with van der Waals surface area (Å²) in [6.45, 7) is 2.24. The number of phenolic OH excluding ortho intramolecular Hbond substituents is 1. The SMILES string of the molecule is O=C1c2ccc(O)cc2CCN1C1CCOCC1. The number of nitrogens with zero attached hydrogens (tertiary/aromatic N) is 1. The smallest absolute Gasteiger partial charge is 0.254 e. The first-order chi connectivity index (χ1) is 8.75. The third-order valence-corrected chi connectivity index (χ3v) is 3.83. The van der Waals surface area contributed by atoms with E-state index in [-0.39, 0.29) is 11.7 Å². The predicted octanol–water partition coefficient (Wildman–Crippen LogP) is 1.57. The summed E-state index contributed by atoms with van der Waals surface area (Å²) in [5.41, 5.74) is 1.70. The van der Waals surface area contributed by atoms with Crippen LogP contribution in [0, 0.1) is 0 Å². The first kappa shape index (κ1) is 11.5. The number of hydrogen-bond donors (Lipinski definition) is 1. The number of ether oxygens (including phenoxy) is 1. The lowest BCUT2D eigenvalue weighted by Crippen LogP contribution is -2.46. The Morgan fingerprint density at radius 1 is 1.28 bits per heavy atom. The zero-order valence-corrected chi connectivity index (χ0v) is 10.3. The normalized spacial score (nSPS) is 20.9. The van der Waals surface area contributed by atoms with Crippen LogP contribution in [0.5, 0.6) is 5.75 Å². The van der Waals surface area contributed by atoms with Crippen LogP contribution in [0.1, 0.15) is 28.8 Å². The molecule has 18 heavy (non-hydrogen) atoms. The lowest BCUT2D eigenvalue weighted by atomic mass is 9.95. The number of benzene rings is 1. The Kier molecular flexibility index (Phi) is 2.96. The highest BCUT2D eigenvalue weighted by Gasteiger charge is 2.30. The van der Waals surface area contributed by atoms with Gasteiger partial charge in [-0.05, 0) is 43.0 Å². The number of carbonyl (C=O) groups is 1. The highest BCUT2D eigenvalue weighted by atomic mass is 16.5.